The molecule has 0 aliphatic heterocycles. The van der Waals surface area contributed by atoms with Gasteiger partial charge < -0.3 is 0 Å². The highest BCUT2D eigenvalue weighted by molar-refractivity contribution is 5.99. The summed E-state index contributed by atoms with van der Waals surface area (Å²) in [6.07, 6.45) is 1.82. The monoisotopic (exact) mass is 749 g/mol. The van der Waals surface area contributed by atoms with Gasteiger partial charge in [-0.15, -0.1) is 0 Å². The van der Waals surface area contributed by atoms with Gasteiger partial charge in [-0.3, -0.25) is 4.98 Å². The fraction of sp³-hybridized carbons (Fsp3) is 0.0179. The molecule has 2 aliphatic carbocycles. The molecule has 2 aromatic heterocycles. The van der Waals surface area contributed by atoms with E-state index in [1.165, 1.54) is 72.0 Å². The molecule has 3 heteroatoms. The summed E-state index contributed by atoms with van der Waals surface area (Å²) in [4.78, 5) is 15.2. The van der Waals surface area contributed by atoms with Crippen molar-refractivity contribution in [1.29, 1.82) is 0 Å². The van der Waals surface area contributed by atoms with E-state index in [9.17, 15) is 0 Å². The second-order valence-electron chi connectivity index (χ2n) is 15.5. The first kappa shape index (κ1) is 33.4. The Morgan fingerprint density at radius 1 is 0.305 bits per heavy atom. The van der Waals surface area contributed by atoms with Crippen LogP contribution in [0.1, 0.15) is 22.3 Å². The van der Waals surface area contributed by atoms with Gasteiger partial charge in [0.15, 0.2) is 5.82 Å². The summed E-state index contributed by atoms with van der Waals surface area (Å²) >= 11 is 0. The number of hydrogen-bond acceptors (Lipinski definition) is 3. The van der Waals surface area contributed by atoms with Crippen LogP contribution in [0.3, 0.4) is 0 Å². The molecule has 274 valence electrons. The number of rotatable bonds is 4. The Morgan fingerprint density at radius 3 is 1.51 bits per heavy atom. The SMILES string of the molecule is c1ccc(-c2cc(-c3ccc4c(c3)-c3ccccc3-c3ccccc3C43c4ccccc4-c4ccccc43)nc(-c3ccc(-c4cccc5ccccc45)cc3)n2)nc1. The minimum Gasteiger partial charge on any atom is -0.255 e. The predicted molar refractivity (Wildman–Crippen MR) is 241 cm³/mol. The van der Waals surface area contributed by atoms with Crippen LogP contribution in [0.15, 0.2) is 212 Å². The molecule has 0 saturated carbocycles. The molecule has 1 spiro atoms. The highest BCUT2D eigenvalue weighted by Gasteiger charge is 2.49. The fourth-order valence-corrected chi connectivity index (χ4v) is 9.86. The first-order valence-electron chi connectivity index (χ1n) is 20.2. The summed E-state index contributed by atoms with van der Waals surface area (Å²) in [5, 5.41) is 2.46. The third-order valence-corrected chi connectivity index (χ3v) is 12.4. The maximum atomic E-state index is 5.34. The summed E-state index contributed by atoms with van der Waals surface area (Å²) in [5.74, 6) is 0.658. The van der Waals surface area contributed by atoms with Crippen molar-refractivity contribution < 1.29 is 0 Å². The topological polar surface area (TPSA) is 38.7 Å². The molecule has 0 bridgehead atoms. The smallest absolute Gasteiger partial charge is 0.160 e. The molecular formula is C56H35N3. The van der Waals surface area contributed by atoms with Crippen molar-refractivity contribution in [1.82, 2.24) is 15.0 Å². The van der Waals surface area contributed by atoms with Crippen LogP contribution in [0.5, 0.6) is 0 Å². The van der Waals surface area contributed by atoms with E-state index in [4.69, 9.17) is 15.0 Å². The van der Waals surface area contributed by atoms with E-state index in [-0.39, 0.29) is 0 Å². The number of hydrogen-bond donors (Lipinski definition) is 0. The number of fused-ring (bicyclic) bond motifs is 13. The van der Waals surface area contributed by atoms with Crippen molar-refractivity contribution in [2.45, 2.75) is 5.41 Å². The second kappa shape index (κ2) is 13.2. The van der Waals surface area contributed by atoms with Crippen molar-refractivity contribution in [2.24, 2.45) is 0 Å². The predicted octanol–water partition coefficient (Wildman–Crippen LogP) is 13.7. The van der Waals surface area contributed by atoms with E-state index in [2.05, 4.69) is 188 Å². The molecule has 0 fully saturated rings. The number of benzene rings is 8. The van der Waals surface area contributed by atoms with E-state index in [1.807, 2.05) is 24.4 Å². The van der Waals surface area contributed by atoms with Crippen LogP contribution >= 0.6 is 0 Å². The third kappa shape index (κ3) is 5.05. The third-order valence-electron chi connectivity index (χ3n) is 12.4. The Morgan fingerprint density at radius 2 is 0.814 bits per heavy atom. The molecule has 0 atom stereocenters. The van der Waals surface area contributed by atoms with Crippen LogP contribution in [-0.4, -0.2) is 15.0 Å². The maximum Gasteiger partial charge on any atom is 0.160 e. The minimum atomic E-state index is -0.529. The Bertz CT molecular complexity index is 3220. The highest BCUT2D eigenvalue weighted by Crippen LogP contribution is 2.61. The highest BCUT2D eigenvalue weighted by atomic mass is 14.9. The zero-order chi connectivity index (χ0) is 38.9. The van der Waals surface area contributed by atoms with Gasteiger partial charge in [-0.05, 0) is 102 Å². The van der Waals surface area contributed by atoms with Crippen molar-refractivity contribution in [3.05, 3.63) is 235 Å². The van der Waals surface area contributed by atoms with Gasteiger partial charge in [0.1, 0.15) is 0 Å². The molecule has 0 radical (unpaired) electrons. The van der Waals surface area contributed by atoms with Gasteiger partial charge >= 0.3 is 0 Å². The van der Waals surface area contributed by atoms with Crippen LogP contribution in [0.2, 0.25) is 0 Å². The van der Waals surface area contributed by atoms with Crippen LogP contribution < -0.4 is 0 Å². The average Bonchev–Trinajstić information content (AvgIpc) is 3.56. The van der Waals surface area contributed by atoms with E-state index in [0.717, 1.165) is 33.8 Å². The van der Waals surface area contributed by atoms with Gasteiger partial charge in [0.05, 0.1) is 22.5 Å². The quantitative estimate of drug-likeness (QED) is 0.180. The average molecular weight is 750 g/mol. The minimum absolute atomic E-state index is 0.529. The molecule has 12 rings (SSSR count). The molecule has 3 nitrogen and oxygen atoms in total. The Labute approximate surface area is 343 Å². The molecule has 0 N–H and O–H groups in total. The molecule has 0 unspecified atom stereocenters. The van der Waals surface area contributed by atoms with Crippen LogP contribution in [0.25, 0.3) is 89.3 Å². The second-order valence-corrected chi connectivity index (χ2v) is 15.5. The first-order valence-corrected chi connectivity index (χ1v) is 20.2. The summed E-state index contributed by atoms with van der Waals surface area (Å²) in [5.41, 5.74) is 18.8. The van der Waals surface area contributed by atoms with E-state index < -0.39 is 5.41 Å². The Kier molecular flexibility index (Phi) is 7.45. The van der Waals surface area contributed by atoms with Gasteiger partial charge in [-0.1, -0.05) is 182 Å². The summed E-state index contributed by atoms with van der Waals surface area (Å²) in [6, 6.07) is 74.6. The van der Waals surface area contributed by atoms with Gasteiger partial charge in [-0.2, -0.15) is 0 Å². The van der Waals surface area contributed by atoms with Crippen molar-refractivity contribution in [3.63, 3.8) is 0 Å². The molecular weight excluding hydrogens is 715 g/mol. The summed E-state index contributed by atoms with van der Waals surface area (Å²) in [6.45, 7) is 0. The Hall–Kier alpha value is -7.75. The molecule has 59 heavy (non-hydrogen) atoms. The zero-order valence-electron chi connectivity index (χ0n) is 32.0. The van der Waals surface area contributed by atoms with E-state index >= 15 is 0 Å². The zero-order valence-corrected chi connectivity index (χ0v) is 32.0. The number of aromatic nitrogens is 3. The van der Waals surface area contributed by atoms with Crippen molar-refractivity contribution in [3.8, 4) is 78.5 Å². The lowest BCUT2D eigenvalue weighted by atomic mass is 9.66. The largest absolute Gasteiger partial charge is 0.255 e. The van der Waals surface area contributed by atoms with Crippen LogP contribution in [0, 0.1) is 0 Å². The van der Waals surface area contributed by atoms with Crippen molar-refractivity contribution >= 4 is 10.8 Å². The van der Waals surface area contributed by atoms with E-state index in [1.54, 1.807) is 0 Å². The Balaban J connectivity index is 1.08. The standard InChI is InChI=1S/C56H35N3/c1-2-16-40-36(14-1)15-13-22-41(40)37-27-29-38(30-28-37)55-58-53(35-54(59-55)52-26-11-12-33-57-52)39-31-32-51-47(34-39)43-18-4-3-17-42(43)44-19-5-8-23-48(44)56(51)49-24-9-6-20-45(49)46-21-7-10-25-50(46)56/h1-35H. The summed E-state index contributed by atoms with van der Waals surface area (Å²) in [7, 11) is 0. The van der Waals surface area contributed by atoms with Crippen molar-refractivity contribution in [2.75, 3.05) is 0 Å². The van der Waals surface area contributed by atoms with Gasteiger partial charge in [-0.25, -0.2) is 9.97 Å². The lowest BCUT2D eigenvalue weighted by Gasteiger charge is -2.35. The van der Waals surface area contributed by atoms with Crippen LogP contribution in [0.4, 0.5) is 0 Å². The molecule has 2 aliphatic rings. The molecule has 8 aromatic carbocycles. The lowest BCUT2D eigenvalue weighted by Crippen LogP contribution is -2.29. The van der Waals surface area contributed by atoms with Crippen LogP contribution in [-0.2, 0) is 5.41 Å². The number of pyridine rings is 1. The van der Waals surface area contributed by atoms with E-state index in [0.29, 0.717) is 5.82 Å². The van der Waals surface area contributed by atoms with Gasteiger partial charge in [0.25, 0.3) is 0 Å². The van der Waals surface area contributed by atoms with Gasteiger partial charge in [0, 0.05) is 17.3 Å². The fourth-order valence-electron chi connectivity index (χ4n) is 9.86. The van der Waals surface area contributed by atoms with Gasteiger partial charge in [0.2, 0.25) is 0 Å². The molecule has 2 heterocycles. The molecule has 10 aromatic rings. The number of nitrogens with zero attached hydrogens (tertiary/aromatic N) is 3. The lowest BCUT2D eigenvalue weighted by molar-refractivity contribution is 0.775. The molecule has 0 saturated heterocycles. The normalized spacial score (nSPS) is 12.9. The summed E-state index contributed by atoms with van der Waals surface area (Å²) < 4.78 is 0. The first-order chi connectivity index (χ1) is 29.3. The molecule has 0 amide bonds. The maximum absolute atomic E-state index is 5.34.